The van der Waals surface area contributed by atoms with Crippen LogP contribution in [-0.2, 0) is 14.8 Å². The lowest BCUT2D eigenvalue weighted by Gasteiger charge is -2.13. The molecule has 0 fully saturated rings. The van der Waals surface area contributed by atoms with Crippen molar-refractivity contribution in [3.63, 3.8) is 0 Å². The first-order valence-electron chi connectivity index (χ1n) is 4.64. The molecule has 0 aliphatic heterocycles. The molecule has 15 heavy (non-hydrogen) atoms. The van der Waals surface area contributed by atoms with Crippen molar-refractivity contribution in [3.8, 4) is 0 Å². The molecule has 0 amide bonds. The van der Waals surface area contributed by atoms with E-state index >= 15 is 0 Å². The fourth-order valence-corrected chi connectivity index (χ4v) is 2.66. The number of sulfonamides is 1. The van der Waals surface area contributed by atoms with Gasteiger partial charge in [-0.2, -0.15) is 0 Å². The van der Waals surface area contributed by atoms with E-state index in [4.69, 9.17) is 22.7 Å². The van der Waals surface area contributed by atoms with Gasteiger partial charge < -0.3 is 10.5 Å². The summed E-state index contributed by atoms with van der Waals surface area (Å²) < 4.78 is 30.2. The molecule has 3 N–H and O–H groups in total. The molecule has 0 aliphatic carbocycles. The summed E-state index contributed by atoms with van der Waals surface area (Å²) in [7, 11) is -1.71. The third kappa shape index (κ3) is 8.73. The Balaban J connectivity index is 3.97. The second kappa shape index (κ2) is 7.10. The fourth-order valence-electron chi connectivity index (χ4n) is 1.10. The van der Waals surface area contributed by atoms with Crippen LogP contribution in [0.15, 0.2) is 0 Å². The van der Waals surface area contributed by atoms with Gasteiger partial charge in [0.1, 0.15) is 0 Å². The predicted octanol–water partition coefficient (Wildman–Crippen LogP) is 0.00700. The largest absolute Gasteiger partial charge is 0.393 e. The standard InChI is InChI=1S/C8H18N2O3S2/c1-7(6-8(9)14)10-15(11,12)5-3-4-13-2/h7,10H,3-6H2,1-2H3,(H2,9,14). The zero-order chi connectivity index (χ0) is 11.9. The molecule has 7 heteroatoms. The average molecular weight is 254 g/mol. The summed E-state index contributed by atoms with van der Waals surface area (Å²) in [6.45, 7) is 2.16. The van der Waals surface area contributed by atoms with Gasteiger partial charge in [-0.15, -0.1) is 0 Å². The van der Waals surface area contributed by atoms with Crippen LogP contribution in [0.1, 0.15) is 19.8 Å². The van der Waals surface area contributed by atoms with Crippen molar-refractivity contribution in [3.05, 3.63) is 0 Å². The summed E-state index contributed by atoms with van der Waals surface area (Å²) in [5.74, 6) is 0.0580. The van der Waals surface area contributed by atoms with E-state index in [1.54, 1.807) is 6.92 Å². The first-order chi connectivity index (χ1) is 6.87. The number of methoxy groups -OCH3 is 1. The highest BCUT2D eigenvalue weighted by Crippen LogP contribution is 1.97. The van der Waals surface area contributed by atoms with E-state index in [-0.39, 0.29) is 11.8 Å². The van der Waals surface area contributed by atoms with E-state index < -0.39 is 10.0 Å². The Hall–Kier alpha value is -0.240. The van der Waals surface area contributed by atoms with Crippen molar-refractivity contribution < 1.29 is 13.2 Å². The van der Waals surface area contributed by atoms with E-state index in [0.717, 1.165) is 0 Å². The van der Waals surface area contributed by atoms with Gasteiger partial charge >= 0.3 is 0 Å². The van der Waals surface area contributed by atoms with Gasteiger partial charge in [-0.1, -0.05) is 12.2 Å². The third-order valence-corrected chi connectivity index (χ3v) is 3.40. The van der Waals surface area contributed by atoms with Gasteiger partial charge in [0.15, 0.2) is 0 Å². The number of hydrogen-bond acceptors (Lipinski definition) is 4. The van der Waals surface area contributed by atoms with Gasteiger partial charge in [-0.25, -0.2) is 13.1 Å². The molecular weight excluding hydrogens is 236 g/mol. The first-order valence-corrected chi connectivity index (χ1v) is 6.70. The molecular formula is C8H18N2O3S2. The number of rotatable bonds is 8. The summed E-state index contributed by atoms with van der Waals surface area (Å²) in [5, 5.41) is 0. The van der Waals surface area contributed by atoms with Crippen LogP contribution < -0.4 is 10.5 Å². The van der Waals surface area contributed by atoms with Crippen LogP contribution in [0.4, 0.5) is 0 Å². The smallest absolute Gasteiger partial charge is 0.211 e. The van der Waals surface area contributed by atoms with E-state index in [9.17, 15) is 8.42 Å². The number of nitrogens with one attached hydrogen (secondary N) is 1. The van der Waals surface area contributed by atoms with Crippen molar-refractivity contribution >= 4 is 27.2 Å². The molecule has 1 unspecified atom stereocenters. The average Bonchev–Trinajstić information content (AvgIpc) is 2.00. The van der Waals surface area contributed by atoms with Crippen molar-refractivity contribution in [1.82, 2.24) is 4.72 Å². The Morgan fingerprint density at radius 1 is 1.60 bits per heavy atom. The molecule has 0 rings (SSSR count). The van der Waals surface area contributed by atoms with Crippen molar-refractivity contribution in [2.75, 3.05) is 19.5 Å². The molecule has 0 spiro atoms. The van der Waals surface area contributed by atoms with E-state index in [2.05, 4.69) is 4.72 Å². The van der Waals surface area contributed by atoms with Crippen LogP contribution in [-0.4, -0.2) is 38.9 Å². The van der Waals surface area contributed by atoms with Gasteiger partial charge in [0.2, 0.25) is 10.0 Å². The normalized spacial score (nSPS) is 13.7. The Kier molecular flexibility index (Phi) is 6.99. The SMILES string of the molecule is COCCCS(=O)(=O)NC(C)CC(N)=S. The molecule has 1 atom stereocenters. The van der Waals surface area contributed by atoms with Gasteiger partial charge in [0.25, 0.3) is 0 Å². The Morgan fingerprint density at radius 3 is 2.67 bits per heavy atom. The summed E-state index contributed by atoms with van der Waals surface area (Å²) >= 11 is 4.69. The van der Waals surface area contributed by atoms with E-state index in [0.29, 0.717) is 24.4 Å². The molecule has 0 radical (unpaired) electrons. The topological polar surface area (TPSA) is 81.4 Å². The second-order valence-electron chi connectivity index (χ2n) is 3.35. The molecule has 0 aliphatic rings. The molecule has 0 aromatic carbocycles. The zero-order valence-corrected chi connectivity index (χ0v) is 10.7. The van der Waals surface area contributed by atoms with Crippen molar-refractivity contribution in [2.45, 2.75) is 25.8 Å². The number of ether oxygens (including phenoxy) is 1. The maximum atomic E-state index is 11.4. The highest BCUT2D eigenvalue weighted by molar-refractivity contribution is 7.89. The van der Waals surface area contributed by atoms with E-state index in [1.807, 2.05) is 0 Å². The lowest BCUT2D eigenvalue weighted by molar-refractivity contribution is 0.199. The van der Waals surface area contributed by atoms with Gasteiger partial charge in [-0.05, 0) is 13.3 Å². The summed E-state index contributed by atoms with van der Waals surface area (Å²) in [4.78, 5) is 0.307. The molecule has 0 heterocycles. The monoisotopic (exact) mass is 254 g/mol. The van der Waals surface area contributed by atoms with Crippen LogP contribution in [0.5, 0.6) is 0 Å². The highest BCUT2D eigenvalue weighted by atomic mass is 32.2. The van der Waals surface area contributed by atoms with Crippen LogP contribution in [0.3, 0.4) is 0 Å². The Labute approximate surface area is 96.4 Å². The zero-order valence-electron chi connectivity index (χ0n) is 9.02. The maximum Gasteiger partial charge on any atom is 0.211 e. The molecule has 0 saturated carbocycles. The summed E-state index contributed by atoms with van der Waals surface area (Å²) in [6.07, 6.45) is 0.852. The van der Waals surface area contributed by atoms with Crippen LogP contribution >= 0.6 is 12.2 Å². The Morgan fingerprint density at radius 2 is 2.20 bits per heavy atom. The lowest BCUT2D eigenvalue weighted by Crippen LogP contribution is -2.36. The molecule has 0 aromatic rings. The van der Waals surface area contributed by atoms with Gasteiger partial charge in [0, 0.05) is 26.2 Å². The van der Waals surface area contributed by atoms with Gasteiger partial charge in [-0.3, -0.25) is 0 Å². The van der Waals surface area contributed by atoms with Gasteiger partial charge in [0.05, 0.1) is 10.7 Å². The minimum absolute atomic E-state index is 0.0580. The highest BCUT2D eigenvalue weighted by Gasteiger charge is 2.14. The third-order valence-electron chi connectivity index (χ3n) is 1.65. The predicted molar refractivity (Wildman–Crippen MR) is 64.3 cm³/mol. The quantitative estimate of drug-likeness (QED) is 0.471. The molecule has 5 nitrogen and oxygen atoms in total. The number of nitrogens with two attached hydrogens (primary N) is 1. The van der Waals surface area contributed by atoms with Crippen LogP contribution in [0, 0.1) is 0 Å². The minimum Gasteiger partial charge on any atom is -0.393 e. The molecule has 0 bridgehead atoms. The number of thiocarbonyl (C=S) groups is 1. The fraction of sp³-hybridized carbons (Fsp3) is 0.875. The van der Waals surface area contributed by atoms with Crippen LogP contribution in [0.25, 0.3) is 0 Å². The number of hydrogen-bond donors (Lipinski definition) is 2. The van der Waals surface area contributed by atoms with E-state index in [1.165, 1.54) is 7.11 Å². The van der Waals surface area contributed by atoms with Crippen LogP contribution in [0.2, 0.25) is 0 Å². The second-order valence-corrected chi connectivity index (χ2v) is 5.75. The lowest BCUT2D eigenvalue weighted by atomic mass is 10.3. The summed E-state index contributed by atoms with van der Waals surface area (Å²) in [6, 6.07) is -0.255. The molecule has 0 aromatic heterocycles. The van der Waals surface area contributed by atoms with Crippen molar-refractivity contribution in [2.24, 2.45) is 5.73 Å². The Bertz CT molecular complexity index is 290. The molecule has 0 saturated heterocycles. The minimum atomic E-state index is -3.24. The molecule has 90 valence electrons. The maximum absolute atomic E-state index is 11.4. The first kappa shape index (κ1) is 14.8. The summed E-state index contributed by atoms with van der Waals surface area (Å²) in [5.41, 5.74) is 5.31. The van der Waals surface area contributed by atoms with Crippen molar-refractivity contribution in [1.29, 1.82) is 0 Å².